The summed E-state index contributed by atoms with van der Waals surface area (Å²) in [5.74, 6) is 1.10. The normalized spacial score (nSPS) is 11.7. The molecule has 2 heterocycles. The van der Waals surface area contributed by atoms with Gasteiger partial charge in [0, 0.05) is 24.5 Å². The summed E-state index contributed by atoms with van der Waals surface area (Å²) in [5, 5.41) is 3.92. The molecule has 0 aliphatic heterocycles. The Hall–Kier alpha value is -1.75. The summed E-state index contributed by atoms with van der Waals surface area (Å²) in [6, 6.07) is 3.72. The average Bonchev–Trinajstić information content (AvgIpc) is 2.80. The quantitative estimate of drug-likeness (QED) is 0.841. The van der Waals surface area contributed by atoms with Crippen LogP contribution in [0.15, 0.2) is 29.0 Å². The van der Waals surface area contributed by atoms with Crippen LogP contribution in [0.2, 0.25) is 0 Å². The molecule has 2 aromatic heterocycles. The third kappa shape index (κ3) is 1.94. The van der Waals surface area contributed by atoms with Crippen LogP contribution in [0.4, 0.5) is 0 Å². The average molecular weight is 218 g/mol. The van der Waals surface area contributed by atoms with E-state index in [1.807, 2.05) is 26.0 Å². The molecule has 2 N–H and O–H groups in total. The minimum atomic E-state index is -0.298. The third-order valence-corrected chi connectivity index (χ3v) is 2.44. The van der Waals surface area contributed by atoms with E-state index in [0.717, 1.165) is 5.56 Å². The van der Waals surface area contributed by atoms with E-state index in [-0.39, 0.29) is 5.41 Å². The van der Waals surface area contributed by atoms with Gasteiger partial charge < -0.3 is 10.3 Å². The molecular weight excluding hydrogens is 204 g/mol. The van der Waals surface area contributed by atoms with Crippen molar-refractivity contribution in [1.82, 2.24) is 15.1 Å². The molecule has 0 spiro atoms. The third-order valence-electron chi connectivity index (χ3n) is 2.44. The van der Waals surface area contributed by atoms with Crippen LogP contribution in [-0.4, -0.2) is 21.7 Å². The van der Waals surface area contributed by atoms with Crippen molar-refractivity contribution in [3.8, 4) is 11.4 Å². The summed E-state index contributed by atoms with van der Waals surface area (Å²) >= 11 is 0. The number of rotatable bonds is 3. The van der Waals surface area contributed by atoms with Gasteiger partial charge in [-0.25, -0.2) is 0 Å². The molecule has 0 amide bonds. The van der Waals surface area contributed by atoms with Gasteiger partial charge >= 0.3 is 0 Å². The van der Waals surface area contributed by atoms with Gasteiger partial charge in [0.25, 0.3) is 0 Å². The fraction of sp³-hybridized carbons (Fsp3) is 0.364. The SMILES string of the molecule is CC(C)(CN)c1nc(-c2cccnc2)no1. The Morgan fingerprint density at radius 2 is 2.25 bits per heavy atom. The molecule has 0 fully saturated rings. The fourth-order valence-electron chi connectivity index (χ4n) is 1.20. The van der Waals surface area contributed by atoms with E-state index in [9.17, 15) is 0 Å². The van der Waals surface area contributed by atoms with Crippen LogP contribution in [-0.2, 0) is 5.41 Å². The van der Waals surface area contributed by atoms with Crippen LogP contribution >= 0.6 is 0 Å². The smallest absolute Gasteiger partial charge is 0.233 e. The molecule has 0 aromatic carbocycles. The second-order valence-corrected chi connectivity index (χ2v) is 4.25. The highest BCUT2D eigenvalue weighted by atomic mass is 16.5. The van der Waals surface area contributed by atoms with Crippen molar-refractivity contribution in [3.05, 3.63) is 30.4 Å². The number of hydrogen-bond donors (Lipinski definition) is 1. The molecule has 0 radical (unpaired) electrons. The van der Waals surface area contributed by atoms with Crippen LogP contribution in [0.25, 0.3) is 11.4 Å². The Labute approximate surface area is 93.7 Å². The molecule has 0 saturated carbocycles. The lowest BCUT2D eigenvalue weighted by atomic mass is 9.94. The molecule has 5 heteroatoms. The number of nitrogens with two attached hydrogens (primary N) is 1. The number of aromatic nitrogens is 3. The lowest BCUT2D eigenvalue weighted by Crippen LogP contribution is -2.28. The monoisotopic (exact) mass is 218 g/mol. The van der Waals surface area contributed by atoms with Gasteiger partial charge in [-0.05, 0) is 26.0 Å². The van der Waals surface area contributed by atoms with Crippen molar-refractivity contribution in [2.75, 3.05) is 6.54 Å². The molecule has 0 unspecified atom stereocenters. The zero-order chi connectivity index (χ0) is 11.6. The highest BCUT2D eigenvalue weighted by Gasteiger charge is 2.26. The van der Waals surface area contributed by atoms with E-state index in [1.54, 1.807) is 12.4 Å². The van der Waals surface area contributed by atoms with Crippen molar-refractivity contribution < 1.29 is 4.52 Å². The van der Waals surface area contributed by atoms with Crippen LogP contribution < -0.4 is 5.73 Å². The summed E-state index contributed by atoms with van der Waals surface area (Å²) in [6.45, 7) is 4.39. The fourth-order valence-corrected chi connectivity index (χ4v) is 1.20. The first-order chi connectivity index (χ1) is 7.63. The van der Waals surface area contributed by atoms with Gasteiger partial charge in [0.15, 0.2) is 0 Å². The van der Waals surface area contributed by atoms with Crippen molar-refractivity contribution in [3.63, 3.8) is 0 Å². The van der Waals surface area contributed by atoms with Crippen molar-refractivity contribution in [2.24, 2.45) is 5.73 Å². The first-order valence-corrected chi connectivity index (χ1v) is 5.08. The van der Waals surface area contributed by atoms with Crippen LogP contribution in [0.3, 0.4) is 0 Å². The van der Waals surface area contributed by atoms with Gasteiger partial charge in [-0.15, -0.1) is 0 Å². The maximum absolute atomic E-state index is 5.65. The van der Waals surface area contributed by atoms with Gasteiger partial charge in [0.05, 0.1) is 5.41 Å². The lowest BCUT2D eigenvalue weighted by molar-refractivity contribution is 0.311. The molecular formula is C11H14N4O. The summed E-state index contributed by atoms with van der Waals surface area (Å²) in [5.41, 5.74) is 6.19. The number of nitrogens with zero attached hydrogens (tertiary/aromatic N) is 3. The largest absolute Gasteiger partial charge is 0.338 e. The second kappa shape index (κ2) is 4.02. The zero-order valence-corrected chi connectivity index (χ0v) is 9.34. The Balaban J connectivity index is 2.34. The van der Waals surface area contributed by atoms with E-state index < -0.39 is 0 Å². The predicted octanol–water partition coefficient (Wildman–Crippen LogP) is 1.37. The Kier molecular flexibility index (Phi) is 2.70. The lowest BCUT2D eigenvalue weighted by Gasteiger charge is -2.15. The van der Waals surface area contributed by atoms with E-state index in [1.165, 1.54) is 0 Å². The molecule has 0 atom stereocenters. The molecule has 0 aliphatic carbocycles. The van der Waals surface area contributed by atoms with Gasteiger partial charge in [-0.1, -0.05) is 5.16 Å². The summed E-state index contributed by atoms with van der Waals surface area (Å²) in [4.78, 5) is 8.33. The summed E-state index contributed by atoms with van der Waals surface area (Å²) in [6.07, 6.45) is 3.40. The number of pyridine rings is 1. The predicted molar refractivity (Wildman–Crippen MR) is 59.6 cm³/mol. The van der Waals surface area contributed by atoms with Crippen LogP contribution in [0.5, 0.6) is 0 Å². The summed E-state index contributed by atoms with van der Waals surface area (Å²) < 4.78 is 5.21. The van der Waals surface area contributed by atoms with Crippen molar-refractivity contribution in [2.45, 2.75) is 19.3 Å². The maximum atomic E-state index is 5.65. The molecule has 0 aliphatic rings. The molecule has 2 rings (SSSR count). The number of hydrogen-bond acceptors (Lipinski definition) is 5. The van der Waals surface area contributed by atoms with Crippen molar-refractivity contribution in [1.29, 1.82) is 0 Å². The first kappa shape index (κ1) is 10.8. The van der Waals surface area contributed by atoms with Gasteiger partial charge in [-0.3, -0.25) is 4.98 Å². The van der Waals surface area contributed by atoms with Crippen molar-refractivity contribution >= 4 is 0 Å². The topological polar surface area (TPSA) is 77.8 Å². The highest BCUT2D eigenvalue weighted by molar-refractivity contribution is 5.52. The van der Waals surface area contributed by atoms with Crippen LogP contribution in [0, 0.1) is 0 Å². The standard InChI is InChI=1S/C11H14N4O/c1-11(2,7-12)10-14-9(15-16-10)8-4-3-5-13-6-8/h3-6H,7,12H2,1-2H3. The Morgan fingerprint density at radius 3 is 2.88 bits per heavy atom. The van der Waals surface area contributed by atoms with Crippen LogP contribution in [0.1, 0.15) is 19.7 Å². The van der Waals surface area contributed by atoms with E-state index in [2.05, 4.69) is 15.1 Å². The van der Waals surface area contributed by atoms with Gasteiger partial charge in [0.1, 0.15) is 0 Å². The molecule has 5 nitrogen and oxygen atoms in total. The molecule has 84 valence electrons. The minimum absolute atomic E-state index is 0.298. The Bertz CT molecular complexity index is 464. The van der Waals surface area contributed by atoms with Gasteiger partial charge in [0.2, 0.25) is 11.7 Å². The zero-order valence-electron chi connectivity index (χ0n) is 9.34. The van der Waals surface area contributed by atoms with Gasteiger partial charge in [-0.2, -0.15) is 4.98 Å². The maximum Gasteiger partial charge on any atom is 0.233 e. The second-order valence-electron chi connectivity index (χ2n) is 4.25. The summed E-state index contributed by atoms with van der Waals surface area (Å²) in [7, 11) is 0. The van der Waals surface area contributed by atoms with E-state index in [0.29, 0.717) is 18.3 Å². The Morgan fingerprint density at radius 1 is 1.44 bits per heavy atom. The minimum Gasteiger partial charge on any atom is -0.338 e. The molecule has 2 aromatic rings. The van der Waals surface area contributed by atoms with E-state index >= 15 is 0 Å². The van der Waals surface area contributed by atoms with E-state index in [4.69, 9.17) is 10.3 Å². The molecule has 0 bridgehead atoms. The highest BCUT2D eigenvalue weighted by Crippen LogP contribution is 2.22. The molecule has 0 saturated heterocycles. The molecule has 16 heavy (non-hydrogen) atoms. The first-order valence-electron chi connectivity index (χ1n) is 5.08.